The zero-order valence-corrected chi connectivity index (χ0v) is 12.1. The highest BCUT2D eigenvalue weighted by Crippen LogP contribution is 2.16. The quantitative estimate of drug-likeness (QED) is 0.842. The van der Waals surface area contributed by atoms with E-state index in [9.17, 15) is 4.79 Å². The average molecular weight is 282 g/mol. The number of aryl methyl sites for hydroxylation is 1. The lowest BCUT2D eigenvalue weighted by Crippen LogP contribution is -2.49. The molecule has 1 aromatic carbocycles. The van der Waals surface area contributed by atoms with Gasteiger partial charge in [-0.05, 0) is 19.1 Å². The zero-order chi connectivity index (χ0) is 14.7. The number of amides is 1. The van der Waals surface area contributed by atoms with E-state index in [1.807, 2.05) is 30.0 Å². The van der Waals surface area contributed by atoms with Gasteiger partial charge in [0.05, 0.1) is 11.9 Å². The third kappa shape index (κ3) is 3.02. The lowest BCUT2D eigenvalue weighted by atomic mass is 10.2. The number of rotatable bonds is 2. The van der Waals surface area contributed by atoms with Gasteiger partial charge in [-0.15, -0.1) is 0 Å². The maximum absolute atomic E-state index is 12.4. The van der Waals surface area contributed by atoms with E-state index >= 15 is 0 Å². The summed E-state index contributed by atoms with van der Waals surface area (Å²) in [6.45, 7) is 4.97. The predicted molar refractivity (Wildman–Crippen MR) is 81.3 cm³/mol. The van der Waals surface area contributed by atoms with Gasteiger partial charge in [0.15, 0.2) is 0 Å². The second kappa shape index (κ2) is 5.91. The van der Waals surface area contributed by atoms with Crippen molar-refractivity contribution in [1.29, 1.82) is 0 Å². The van der Waals surface area contributed by atoms with Gasteiger partial charge in [0, 0.05) is 38.1 Å². The SMILES string of the molecule is Cc1cnc(C(=O)N2CCN(c3ccccc3)CC2)cn1. The molecule has 21 heavy (non-hydrogen) atoms. The van der Waals surface area contributed by atoms with E-state index in [4.69, 9.17) is 0 Å². The Morgan fingerprint density at radius 3 is 2.33 bits per heavy atom. The van der Waals surface area contributed by atoms with Crippen molar-refractivity contribution >= 4 is 11.6 Å². The molecule has 1 fully saturated rings. The molecule has 1 aliphatic heterocycles. The topological polar surface area (TPSA) is 49.3 Å². The highest BCUT2D eigenvalue weighted by molar-refractivity contribution is 5.92. The van der Waals surface area contributed by atoms with E-state index in [1.54, 1.807) is 12.4 Å². The van der Waals surface area contributed by atoms with Crippen LogP contribution in [0.25, 0.3) is 0 Å². The van der Waals surface area contributed by atoms with E-state index in [-0.39, 0.29) is 5.91 Å². The molecule has 0 N–H and O–H groups in total. The number of aromatic nitrogens is 2. The smallest absolute Gasteiger partial charge is 0.274 e. The van der Waals surface area contributed by atoms with E-state index in [0.29, 0.717) is 18.8 Å². The fraction of sp³-hybridized carbons (Fsp3) is 0.312. The summed E-state index contributed by atoms with van der Waals surface area (Å²) in [7, 11) is 0. The molecule has 2 aromatic rings. The fourth-order valence-electron chi connectivity index (χ4n) is 2.47. The molecule has 5 nitrogen and oxygen atoms in total. The molecule has 3 rings (SSSR count). The first-order chi connectivity index (χ1) is 10.2. The fourth-order valence-corrected chi connectivity index (χ4v) is 2.47. The standard InChI is InChI=1S/C16H18N4O/c1-13-11-18-15(12-17-13)16(21)20-9-7-19(8-10-20)14-5-3-2-4-6-14/h2-6,11-12H,7-10H2,1H3. The molecule has 0 saturated carbocycles. The first-order valence-electron chi connectivity index (χ1n) is 7.12. The molecule has 1 aromatic heterocycles. The molecule has 1 saturated heterocycles. The monoisotopic (exact) mass is 282 g/mol. The van der Waals surface area contributed by atoms with Crippen LogP contribution >= 0.6 is 0 Å². The van der Waals surface area contributed by atoms with Crippen molar-refractivity contribution in [3.63, 3.8) is 0 Å². The number of anilines is 1. The van der Waals surface area contributed by atoms with Crippen LogP contribution in [0.15, 0.2) is 42.7 Å². The molecule has 1 aliphatic rings. The van der Waals surface area contributed by atoms with Crippen LogP contribution in [0, 0.1) is 6.92 Å². The minimum Gasteiger partial charge on any atom is -0.368 e. The Morgan fingerprint density at radius 1 is 1.00 bits per heavy atom. The van der Waals surface area contributed by atoms with Gasteiger partial charge in [-0.3, -0.25) is 9.78 Å². The number of nitrogens with zero attached hydrogens (tertiary/aromatic N) is 4. The van der Waals surface area contributed by atoms with Crippen molar-refractivity contribution in [2.24, 2.45) is 0 Å². The van der Waals surface area contributed by atoms with E-state index in [2.05, 4.69) is 27.0 Å². The predicted octanol–water partition coefficient (Wildman–Crippen LogP) is 1.75. The molecule has 0 aliphatic carbocycles. The van der Waals surface area contributed by atoms with Crippen molar-refractivity contribution in [3.8, 4) is 0 Å². The summed E-state index contributed by atoms with van der Waals surface area (Å²) in [5, 5.41) is 0. The summed E-state index contributed by atoms with van der Waals surface area (Å²) in [5.41, 5.74) is 2.45. The molecule has 1 amide bonds. The van der Waals surface area contributed by atoms with E-state index in [1.165, 1.54) is 5.69 Å². The minimum atomic E-state index is -0.0322. The van der Waals surface area contributed by atoms with E-state index < -0.39 is 0 Å². The molecule has 0 atom stereocenters. The number of carbonyl (C=O) groups excluding carboxylic acids is 1. The Labute approximate surface area is 124 Å². The van der Waals surface area contributed by atoms with Crippen LogP contribution in [-0.4, -0.2) is 47.0 Å². The highest BCUT2D eigenvalue weighted by atomic mass is 16.2. The van der Waals surface area contributed by atoms with Crippen LogP contribution in [0.3, 0.4) is 0 Å². The van der Waals surface area contributed by atoms with Crippen LogP contribution in [-0.2, 0) is 0 Å². The number of hydrogen-bond donors (Lipinski definition) is 0. The maximum atomic E-state index is 12.4. The third-order valence-electron chi connectivity index (χ3n) is 3.69. The Kier molecular flexibility index (Phi) is 3.81. The van der Waals surface area contributed by atoms with Gasteiger partial charge in [0.1, 0.15) is 5.69 Å². The number of hydrogen-bond acceptors (Lipinski definition) is 4. The summed E-state index contributed by atoms with van der Waals surface area (Å²) in [6.07, 6.45) is 3.19. The molecule has 0 unspecified atom stereocenters. The first-order valence-corrected chi connectivity index (χ1v) is 7.12. The Hall–Kier alpha value is -2.43. The molecule has 5 heteroatoms. The van der Waals surface area contributed by atoms with Gasteiger partial charge < -0.3 is 9.80 Å². The Bertz CT molecular complexity index is 604. The van der Waals surface area contributed by atoms with Gasteiger partial charge in [-0.25, -0.2) is 4.98 Å². The van der Waals surface area contributed by atoms with Crippen LogP contribution in [0.4, 0.5) is 5.69 Å². The van der Waals surface area contributed by atoms with Crippen LogP contribution < -0.4 is 4.90 Å². The molecule has 0 bridgehead atoms. The molecule has 108 valence electrons. The van der Waals surface area contributed by atoms with Crippen LogP contribution in [0.1, 0.15) is 16.2 Å². The molecule has 0 radical (unpaired) electrons. The highest BCUT2D eigenvalue weighted by Gasteiger charge is 2.23. The van der Waals surface area contributed by atoms with Gasteiger partial charge in [-0.1, -0.05) is 18.2 Å². The van der Waals surface area contributed by atoms with Crippen molar-refractivity contribution in [2.45, 2.75) is 6.92 Å². The second-order valence-corrected chi connectivity index (χ2v) is 5.16. The summed E-state index contributed by atoms with van der Waals surface area (Å²) in [4.78, 5) is 24.8. The van der Waals surface area contributed by atoms with Crippen molar-refractivity contribution in [2.75, 3.05) is 31.1 Å². The van der Waals surface area contributed by atoms with Gasteiger partial charge in [-0.2, -0.15) is 0 Å². The summed E-state index contributed by atoms with van der Waals surface area (Å²) in [5.74, 6) is -0.0322. The van der Waals surface area contributed by atoms with Crippen LogP contribution in [0.2, 0.25) is 0 Å². The number of benzene rings is 1. The average Bonchev–Trinajstić information content (AvgIpc) is 2.56. The largest absolute Gasteiger partial charge is 0.368 e. The molecular formula is C16H18N4O. The maximum Gasteiger partial charge on any atom is 0.274 e. The summed E-state index contributed by atoms with van der Waals surface area (Å²) >= 11 is 0. The Balaban J connectivity index is 1.63. The molecular weight excluding hydrogens is 264 g/mol. The van der Waals surface area contributed by atoms with E-state index in [0.717, 1.165) is 18.8 Å². The number of para-hydroxylation sites is 1. The second-order valence-electron chi connectivity index (χ2n) is 5.16. The van der Waals surface area contributed by atoms with Gasteiger partial charge in [0.2, 0.25) is 0 Å². The number of piperazine rings is 1. The van der Waals surface area contributed by atoms with Gasteiger partial charge >= 0.3 is 0 Å². The lowest BCUT2D eigenvalue weighted by molar-refractivity contribution is 0.0740. The normalized spacial score (nSPS) is 15.1. The summed E-state index contributed by atoms with van der Waals surface area (Å²) in [6, 6.07) is 10.3. The number of carbonyl (C=O) groups is 1. The van der Waals surface area contributed by atoms with Crippen molar-refractivity contribution in [3.05, 3.63) is 54.1 Å². The van der Waals surface area contributed by atoms with Crippen LogP contribution in [0.5, 0.6) is 0 Å². The van der Waals surface area contributed by atoms with Crippen molar-refractivity contribution < 1.29 is 4.79 Å². The van der Waals surface area contributed by atoms with Crippen molar-refractivity contribution in [1.82, 2.24) is 14.9 Å². The third-order valence-corrected chi connectivity index (χ3v) is 3.69. The minimum absolute atomic E-state index is 0.0322. The lowest BCUT2D eigenvalue weighted by Gasteiger charge is -2.35. The molecule has 2 heterocycles. The first kappa shape index (κ1) is 13.5. The zero-order valence-electron chi connectivity index (χ0n) is 12.1. The summed E-state index contributed by atoms with van der Waals surface area (Å²) < 4.78 is 0. The Morgan fingerprint density at radius 2 is 1.71 bits per heavy atom. The van der Waals surface area contributed by atoms with Gasteiger partial charge in [0.25, 0.3) is 5.91 Å². The molecule has 0 spiro atoms.